The molecule has 0 saturated heterocycles. The summed E-state index contributed by atoms with van der Waals surface area (Å²) in [6.07, 6.45) is 3.11. The highest BCUT2D eigenvalue weighted by atomic mass is 32.1. The van der Waals surface area contributed by atoms with Crippen molar-refractivity contribution in [3.05, 3.63) is 53.0 Å². The first-order valence-corrected chi connectivity index (χ1v) is 10.8. The van der Waals surface area contributed by atoms with Gasteiger partial charge in [-0.1, -0.05) is 28.6 Å². The lowest BCUT2D eigenvalue weighted by atomic mass is 10.2. The Morgan fingerprint density at radius 2 is 2.00 bits per heavy atom. The number of hydrogen-bond donors (Lipinski definition) is 1. The molecule has 0 radical (unpaired) electrons. The van der Waals surface area contributed by atoms with Crippen LogP contribution in [0.2, 0.25) is 0 Å². The summed E-state index contributed by atoms with van der Waals surface area (Å²) in [7, 11) is 3.13. The Balaban J connectivity index is 1.46. The van der Waals surface area contributed by atoms with Crippen LogP contribution in [0, 0.1) is 6.92 Å². The Morgan fingerprint density at radius 1 is 1.16 bits per heavy atom. The molecule has 158 valence electrons. The molecule has 0 saturated carbocycles. The summed E-state index contributed by atoms with van der Waals surface area (Å²) >= 11 is 2.81. The number of nitrogens with zero attached hydrogens (tertiary/aromatic N) is 3. The average Bonchev–Trinajstić information content (AvgIpc) is 3.52. The summed E-state index contributed by atoms with van der Waals surface area (Å²) in [5, 5.41) is 9.19. The summed E-state index contributed by atoms with van der Waals surface area (Å²) in [6.45, 7) is 1.83. The van der Waals surface area contributed by atoms with Gasteiger partial charge in [0.1, 0.15) is 4.88 Å². The number of nitrogens with one attached hydrogen (secondary N) is 1. The Labute approximate surface area is 186 Å². The van der Waals surface area contributed by atoms with Crippen molar-refractivity contribution in [3.63, 3.8) is 0 Å². The van der Waals surface area contributed by atoms with Crippen molar-refractivity contribution in [3.8, 4) is 33.0 Å². The molecule has 31 heavy (non-hydrogen) atoms. The van der Waals surface area contributed by atoms with Crippen LogP contribution in [-0.2, 0) is 4.79 Å². The first-order chi connectivity index (χ1) is 15.1. The van der Waals surface area contributed by atoms with E-state index in [2.05, 4.69) is 20.4 Å². The minimum atomic E-state index is -0.306. The summed E-state index contributed by atoms with van der Waals surface area (Å²) in [4.78, 5) is 22.8. The quantitative estimate of drug-likeness (QED) is 0.397. The van der Waals surface area contributed by atoms with E-state index < -0.39 is 0 Å². The highest BCUT2D eigenvalue weighted by Gasteiger charge is 2.18. The van der Waals surface area contributed by atoms with Crippen molar-refractivity contribution >= 4 is 39.8 Å². The fourth-order valence-electron chi connectivity index (χ4n) is 2.75. The SMILES string of the molecule is COc1ccc(/C=C/C(=O)Nc2nc(C)c(-c3nc(-c4cccs4)no3)s2)cc1OC. The molecule has 3 heterocycles. The third-order valence-corrected chi connectivity index (χ3v) is 6.15. The lowest BCUT2D eigenvalue weighted by molar-refractivity contribution is -0.111. The van der Waals surface area contributed by atoms with Gasteiger partial charge in [-0.2, -0.15) is 4.98 Å². The van der Waals surface area contributed by atoms with E-state index in [0.29, 0.717) is 34.0 Å². The van der Waals surface area contributed by atoms with Crippen LogP contribution in [-0.4, -0.2) is 35.3 Å². The molecule has 3 aromatic heterocycles. The molecule has 1 N–H and O–H groups in total. The number of rotatable bonds is 7. The van der Waals surface area contributed by atoms with Gasteiger partial charge in [-0.15, -0.1) is 11.3 Å². The maximum atomic E-state index is 12.3. The number of benzene rings is 1. The number of aromatic nitrogens is 3. The van der Waals surface area contributed by atoms with E-state index in [9.17, 15) is 4.79 Å². The molecule has 0 unspecified atom stereocenters. The Morgan fingerprint density at radius 3 is 2.74 bits per heavy atom. The number of carbonyl (C=O) groups is 1. The standard InChI is InChI=1S/C21H18N4O4S2/c1-12-18(20-24-19(25-29-20)16-5-4-10-30-16)31-21(22-12)23-17(26)9-7-13-6-8-14(27-2)15(11-13)28-3/h4-11H,1-3H3,(H,22,23,26)/b9-7+. The van der Waals surface area contributed by atoms with Crippen molar-refractivity contribution in [2.45, 2.75) is 6.92 Å². The predicted octanol–water partition coefficient (Wildman–Crippen LogP) is 4.90. The molecule has 1 amide bonds. The monoisotopic (exact) mass is 454 g/mol. The molecule has 0 aliphatic carbocycles. The lowest BCUT2D eigenvalue weighted by Gasteiger charge is -2.07. The molecule has 0 spiro atoms. The molecule has 8 nitrogen and oxygen atoms in total. The minimum Gasteiger partial charge on any atom is -0.493 e. The van der Waals surface area contributed by atoms with Crippen molar-refractivity contribution in [2.75, 3.05) is 19.5 Å². The number of anilines is 1. The van der Waals surface area contributed by atoms with Gasteiger partial charge in [0.05, 0.1) is 24.8 Å². The first-order valence-electron chi connectivity index (χ1n) is 9.14. The smallest absolute Gasteiger partial charge is 0.270 e. The van der Waals surface area contributed by atoms with Gasteiger partial charge in [-0.25, -0.2) is 4.98 Å². The minimum absolute atomic E-state index is 0.306. The van der Waals surface area contributed by atoms with E-state index in [4.69, 9.17) is 14.0 Å². The predicted molar refractivity (Wildman–Crippen MR) is 121 cm³/mol. The van der Waals surface area contributed by atoms with Gasteiger partial charge >= 0.3 is 0 Å². The van der Waals surface area contributed by atoms with Gasteiger partial charge in [-0.3, -0.25) is 10.1 Å². The van der Waals surface area contributed by atoms with Gasteiger partial charge in [0.2, 0.25) is 11.7 Å². The molecular weight excluding hydrogens is 436 g/mol. The first kappa shape index (κ1) is 20.8. The Hall–Kier alpha value is -3.50. The van der Waals surface area contributed by atoms with E-state index in [-0.39, 0.29) is 5.91 Å². The number of thiazole rings is 1. The summed E-state index contributed by atoms with van der Waals surface area (Å²) < 4.78 is 15.9. The van der Waals surface area contributed by atoms with Crippen LogP contribution in [0.1, 0.15) is 11.3 Å². The van der Waals surface area contributed by atoms with Gasteiger partial charge < -0.3 is 14.0 Å². The number of amides is 1. The largest absolute Gasteiger partial charge is 0.493 e. The van der Waals surface area contributed by atoms with E-state index >= 15 is 0 Å². The van der Waals surface area contributed by atoms with Gasteiger partial charge in [-0.05, 0) is 42.1 Å². The molecular formula is C21H18N4O4S2. The summed E-state index contributed by atoms with van der Waals surface area (Å²) in [5.74, 6) is 1.81. The fraction of sp³-hybridized carbons (Fsp3) is 0.143. The molecule has 0 atom stereocenters. The molecule has 0 fully saturated rings. The number of hydrogen-bond acceptors (Lipinski definition) is 9. The number of thiophene rings is 1. The normalized spacial score (nSPS) is 11.1. The van der Waals surface area contributed by atoms with Crippen molar-refractivity contribution in [2.24, 2.45) is 0 Å². The van der Waals surface area contributed by atoms with E-state index in [0.717, 1.165) is 15.3 Å². The van der Waals surface area contributed by atoms with Gasteiger partial charge in [0, 0.05) is 6.08 Å². The lowest BCUT2D eigenvalue weighted by Crippen LogP contribution is -2.07. The number of methoxy groups -OCH3 is 2. The third kappa shape index (κ3) is 4.65. The topological polar surface area (TPSA) is 99.4 Å². The highest BCUT2D eigenvalue weighted by Crippen LogP contribution is 2.33. The number of aryl methyl sites for hydroxylation is 1. The molecule has 0 aliphatic rings. The van der Waals surface area contributed by atoms with E-state index in [1.165, 1.54) is 28.7 Å². The van der Waals surface area contributed by atoms with Crippen molar-refractivity contribution in [1.29, 1.82) is 0 Å². The molecule has 0 bridgehead atoms. The fourth-order valence-corrected chi connectivity index (χ4v) is 4.29. The molecule has 4 rings (SSSR count). The van der Waals surface area contributed by atoms with Crippen LogP contribution in [0.15, 0.2) is 46.3 Å². The number of ether oxygens (including phenoxy) is 2. The van der Waals surface area contributed by atoms with Crippen molar-refractivity contribution < 1.29 is 18.8 Å². The zero-order valence-corrected chi connectivity index (χ0v) is 18.5. The van der Waals surface area contributed by atoms with Crippen LogP contribution in [0.5, 0.6) is 11.5 Å². The van der Waals surface area contributed by atoms with Crippen LogP contribution in [0.4, 0.5) is 5.13 Å². The number of carbonyl (C=O) groups excluding carboxylic acids is 1. The molecule has 4 aromatic rings. The van der Waals surface area contributed by atoms with Crippen LogP contribution >= 0.6 is 22.7 Å². The van der Waals surface area contributed by atoms with E-state index in [1.54, 1.807) is 32.4 Å². The molecule has 10 heteroatoms. The van der Waals surface area contributed by atoms with Gasteiger partial charge in [0.15, 0.2) is 16.6 Å². The second kappa shape index (κ2) is 9.11. The van der Waals surface area contributed by atoms with Gasteiger partial charge in [0.25, 0.3) is 5.89 Å². The van der Waals surface area contributed by atoms with Crippen LogP contribution in [0.25, 0.3) is 27.5 Å². The average molecular weight is 455 g/mol. The third-order valence-electron chi connectivity index (χ3n) is 4.22. The maximum Gasteiger partial charge on any atom is 0.270 e. The molecule has 1 aromatic carbocycles. The second-order valence-corrected chi connectivity index (χ2v) is 8.22. The van der Waals surface area contributed by atoms with Crippen molar-refractivity contribution in [1.82, 2.24) is 15.1 Å². The summed E-state index contributed by atoms with van der Waals surface area (Å²) in [5.41, 5.74) is 1.50. The Kier molecular flexibility index (Phi) is 6.10. The summed E-state index contributed by atoms with van der Waals surface area (Å²) in [6, 6.07) is 9.25. The highest BCUT2D eigenvalue weighted by molar-refractivity contribution is 7.19. The van der Waals surface area contributed by atoms with E-state index in [1.807, 2.05) is 30.5 Å². The van der Waals surface area contributed by atoms with Crippen LogP contribution in [0.3, 0.4) is 0 Å². The molecule has 0 aliphatic heterocycles. The second-order valence-electron chi connectivity index (χ2n) is 6.27. The zero-order chi connectivity index (χ0) is 21.8. The maximum absolute atomic E-state index is 12.3. The zero-order valence-electron chi connectivity index (χ0n) is 16.9. The Bertz CT molecular complexity index is 1230. The van der Waals surface area contributed by atoms with Crippen LogP contribution < -0.4 is 14.8 Å².